The standard InChI is InChI=1S/C26H20Br2N2O3/c1-2-33-26(32)18-9-11-22(12-10-18)30-25(31)21(16-29)13-17-7-8-20(24(28)14-17)15-19-5-3-4-6-23(19)27/h3-14H,2,15H2,1H3,(H,30,31)/b21-13+. The van der Waals surface area contributed by atoms with Crippen LogP contribution in [0.4, 0.5) is 5.69 Å². The number of hydrogen-bond acceptors (Lipinski definition) is 4. The molecular formula is C26H20Br2N2O3. The third kappa shape index (κ3) is 6.64. The summed E-state index contributed by atoms with van der Waals surface area (Å²) < 4.78 is 6.87. The minimum Gasteiger partial charge on any atom is -0.462 e. The highest BCUT2D eigenvalue weighted by Crippen LogP contribution is 2.26. The number of ether oxygens (including phenoxy) is 1. The number of esters is 1. The second-order valence-corrected chi connectivity index (χ2v) is 8.75. The van der Waals surface area contributed by atoms with Crippen molar-refractivity contribution in [2.45, 2.75) is 13.3 Å². The van der Waals surface area contributed by atoms with Gasteiger partial charge in [-0.05, 0) is 72.5 Å². The quantitative estimate of drug-likeness (QED) is 0.200. The second-order valence-electron chi connectivity index (χ2n) is 7.04. The van der Waals surface area contributed by atoms with Crippen LogP contribution >= 0.6 is 31.9 Å². The molecule has 0 aliphatic heterocycles. The predicted octanol–water partition coefficient (Wildman–Crippen LogP) is 6.52. The Morgan fingerprint density at radius 2 is 1.70 bits per heavy atom. The Morgan fingerprint density at radius 3 is 2.33 bits per heavy atom. The Morgan fingerprint density at radius 1 is 1.00 bits per heavy atom. The Labute approximate surface area is 209 Å². The lowest BCUT2D eigenvalue weighted by molar-refractivity contribution is -0.112. The lowest BCUT2D eigenvalue weighted by atomic mass is 10.0. The van der Waals surface area contributed by atoms with E-state index >= 15 is 0 Å². The van der Waals surface area contributed by atoms with Crippen LogP contribution in [0.1, 0.15) is 34.0 Å². The summed E-state index contributed by atoms with van der Waals surface area (Å²) in [5.74, 6) is -0.962. The molecule has 0 radical (unpaired) electrons. The summed E-state index contributed by atoms with van der Waals surface area (Å²) in [4.78, 5) is 24.3. The molecule has 166 valence electrons. The van der Waals surface area contributed by atoms with Crippen molar-refractivity contribution in [3.8, 4) is 6.07 Å². The number of nitrogens with zero attached hydrogens (tertiary/aromatic N) is 1. The predicted molar refractivity (Wildman–Crippen MR) is 136 cm³/mol. The maximum atomic E-state index is 12.6. The van der Waals surface area contributed by atoms with Crippen molar-refractivity contribution in [1.82, 2.24) is 0 Å². The fourth-order valence-corrected chi connectivity index (χ4v) is 4.02. The molecule has 0 aromatic heterocycles. The molecular weight excluding hydrogens is 548 g/mol. The molecule has 5 nitrogen and oxygen atoms in total. The third-order valence-corrected chi connectivity index (χ3v) is 6.26. The lowest BCUT2D eigenvalue weighted by Gasteiger charge is -2.09. The van der Waals surface area contributed by atoms with Crippen LogP contribution in [0.3, 0.4) is 0 Å². The topological polar surface area (TPSA) is 79.2 Å². The van der Waals surface area contributed by atoms with E-state index in [9.17, 15) is 14.9 Å². The molecule has 3 aromatic carbocycles. The summed E-state index contributed by atoms with van der Waals surface area (Å²) in [6, 6.07) is 22.0. The minimum absolute atomic E-state index is 0.0325. The van der Waals surface area contributed by atoms with Gasteiger partial charge < -0.3 is 10.1 Å². The van der Waals surface area contributed by atoms with Crippen LogP contribution in [-0.2, 0) is 16.0 Å². The van der Waals surface area contributed by atoms with E-state index in [0.29, 0.717) is 11.3 Å². The summed E-state index contributed by atoms with van der Waals surface area (Å²) in [6.45, 7) is 2.02. The van der Waals surface area contributed by atoms with Gasteiger partial charge in [-0.3, -0.25) is 4.79 Å². The Hall–Kier alpha value is -3.21. The maximum Gasteiger partial charge on any atom is 0.338 e. The first-order chi connectivity index (χ1) is 15.9. The molecule has 0 fully saturated rings. The first-order valence-electron chi connectivity index (χ1n) is 10.1. The Bertz CT molecular complexity index is 1250. The highest BCUT2D eigenvalue weighted by atomic mass is 79.9. The van der Waals surface area contributed by atoms with Crippen molar-refractivity contribution in [2.75, 3.05) is 11.9 Å². The monoisotopic (exact) mass is 566 g/mol. The second kappa shape index (κ2) is 11.6. The van der Waals surface area contributed by atoms with Gasteiger partial charge in [0.25, 0.3) is 5.91 Å². The zero-order valence-electron chi connectivity index (χ0n) is 17.8. The van der Waals surface area contributed by atoms with Crippen LogP contribution in [-0.4, -0.2) is 18.5 Å². The zero-order chi connectivity index (χ0) is 23.8. The number of benzene rings is 3. The zero-order valence-corrected chi connectivity index (χ0v) is 20.9. The maximum absolute atomic E-state index is 12.6. The molecule has 0 atom stereocenters. The summed E-state index contributed by atoms with van der Waals surface area (Å²) >= 11 is 7.16. The number of nitrogens with one attached hydrogen (secondary N) is 1. The number of carbonyl (C=O) groups is 2. The highest BCUT2D eigenvalue weighted by Gasteiger charge is 2.12. The van der Waals surface area contributed by atoms with Crippen molar-refractivity contribution >= 4 is 55.5 Å². The number of anilines is 1. The van der Waals surface area contributed by atoms with Crippen LogP contribution in [0.25, 0.3) is 6.08 Å². The van der Waals surface area contributed by atoms with Crippen molar-refractivity contribution in [3.05, 3.63) is 104 Å². The van der Waals surface area contributed by atoms with E-state index in [0.717, 1.165) is 32.1 Å². The van der Waals surface area contributed by atoms with Crippen molar-refractivity contribution < 1.29 is 14.3 Å². The summed E-state index contributed by atoms with van der Waals surface area (Å²) in [7, 11) is 0. The summed E-state index contributed by atoms with van der Waals surface area (Å²) in [6.07, 6.45) is 2.27. The minimum atomic E-state index is -0.533. The van der Waals surface area contributed by atoms with Crippen LogP contribution < -0.4 is 5.32 Å². The molecule has 1 N–H and O–H groups in total. The average Bonchev–Trinajstić information content (AvgIpc) is 2.81. The van der Waals surface area contributed by atoms with Crippen LogP contribution in [0.5, 0.6) is 0 Å². The van der Waals surface area contributed by atoms with E-state index in [1.54, 1.807) is 31.2 Å². The SMILES string of the molecule is CCOC(=O)c1ccc(NC(=O)/C(C#N)=C/c2ccc(Cc3ccccc3Br)c(Br)c2)cc1. The molecule has 0 unspecified atom stereocenters. The number of halogens is 2. The molecule has 1 amide bonds. The van der Waals surface area contributed by atoms with E-state index in [-0.39, 0.29) is 12.2 Å². The normalized spacial score (nSPS) is 10.9. The molecule has 0 heterocycles. The molecule has 7 heteroatoms. The molecule has 0 saturated heterocycles. The summed E-state index contributed by atoms with van der Waals surface area (Å²) in [5, 5.41) is 12.2. The number of rotatable bonds is 7. The van der Waals surface area contributed by atoms with E-state index in [1.807, 2.05) is 42.5 Å². The van der Waals surface area contributed by atoms with Gasteiger partial charge in [0.2, 0.25) is 0 Å². The molecule has 0 bridgehead atoms. The highest BCUT2D eigenvalue weighted by molar-refractivity contribution is 9.10. The van der Waals surface area contributed by atoms with Gasteiger partial charge in [-0.1, -0.05) is 62.2 Å². The molecule has 3 rings (SSSR count). The Kier molecular flexibility index (Phi) is 8.58. The molecule has 33 heavy (non-hydrogen) atoms. The molecule has 0 aliphatic rings. The molecule has 0 aliphatic carbocycles. The van der Waals surface area contributed by atoms with E-state index in [4.69, 9.17) is 4.74 Å². The van der Waals surface area contributed by atoms with Crippen molar-refractivity contribution in [2.24, 2.45) is 0 Å². The van der Waals surface area contributed by atoms with Crippen molar-refractivity contribution in [1.29, 1.82) is 5.26 Å². The van der Waals surface area contributed by atoms with Crippen LogP contribution in [0.2, 0.25) is 0 Å². The van der Waals surface area contributed by atoms with Gasteiger partial charge >= 0.3 is 5.97 Å². The van der Waals surface area contributed by atoms with E-state index in [2.05, 4.69) is 43.2 Å². The fourth-order valence-electron chi connectivity index (χ4n) is 3.06. The van der Waals surface area contributed by atoms with Gasteiger partial charge in [0.1, 0.15) is 11.6 Å². The summed E-state index contributed by atoms with van der Waals surface area (Å²) in [5.41, 5.74) is 3.80. The number of nitriles is 1. The van der Waals surface area contributed by atoms with Crippen molar-refractivity contribution in [3.63, 3.8) is 0 Å². The first kappa shape index (κ1) is 24.4. The number of amides is 1. The largest absolute Gasteiger partial charge is 0.462 e. The van der Waals surface area contributed by atoms with E-state index in [1.165, 1.54) is 6.08 Å². The van der Waals surface area contributed by atoms with Crippen LogP contribution in [0.15, 0.2) is 81.2 Å². The first-order valence-corrected chi connectivity index (χ1v) is 11.7. The molecule has 0 saturated carbocycles. The van der Waals surface area contributed by atoms with Gasteiger partial charge in [0.15, 0.2) is 0 Å². The molecule has 3 aromatic rings. The lowest BCUT2D eigenvalue weighted by Crippen LogP contribution is -2.13. The number of carbonyl (C=O) groups excluding carboxylic acids is 2. The van der Waals surface area contributed by atoms with Gasteiger partial charge in [-0.2, -0.15) is 5.26 Å². The Balaban J connectivity index is 1.72. The number of hydrogen-bond donors (Lipinski definition) is 1. The van der Waals surface area contributed by atoms with Gasteiger partial charge in [-0.15, -0.1) is 0 Å². The fraction of sp³-hybridized carbons (Fsp3) is 0.115. The molecule has 0 spiro atoms. The van der Waals surface area contributed by atoms with Gasteiger partial charge in [0.05, 0.1) is 12.2 Å². The van der Waals surface area contributed by atoms with Gasteiger partial charge in [0, 0.05) is 14.6 Å². The van der Waals surface area contributed by atoms with Gasteiger partial charge in [-0.25, -0.2) is 4.79 Å². The van der Waals surface area contributed by atoms with E-state index < -0.39 is 11.9 Å². The smallest absolute Gasteiger partial charge is 0.338 e. The third-order valence-electron chi connectivity index (χ3n) is 4.75. The van der Waals surface area contributed by atoms with Crippen LogP contribution in [0, 0.1) is 11.3 Å². The average molecular weight is 568 g/mol.